The normalized spacial score (nSPS) is 11.2. The van der Waals surface area contributed by atoms with Gasteiger partial charge < -0.3 is 4.74 Å². The summed E-state index contributed by atoms with van der Waals surface area (Å²) in [6.07, 6.45) is -0.00799. The van der Waals surface area contributed by atoms with Gasteiger partial charge in [0.1, 0.15) is 4.90 Å². The van der Waals surface area contributed by atoms with E-state index in [4.69, 9.17) is 16.3 Å². The van der Waals surface area contributed by atoms with Crippen molar-refractivity contribution in [3.05, 3.63) is 64.7 Å². The first-order valence-electron chi connectivity index (χ1n) is 8.51. The minimum atomic E-state index is -4.11. The molecule has 0 radical (unpaired) electrons. The van der Waals surface area contributed by atoms with Gasteiger partial charge in [0.2, 0.25) is 5.91 Å². The lowest BCUT2D eigenvalue weighted by Gasteiger charge is -2.15. The third kappa shape index (κ3) is 6.10. The molecule has 0 fully saturated rings. The van der Waals surface area contributed by atoms with Crippen LogP contribution in [0.5, 0.6) is 0 Å². The van der Waals surface area contributed by atoms with Crippen LogP contribution in [-0.2, 0) is 35.6 Å². The number of imide groups is 1. The minimum absolute atomic E-state index is 0.00799. The fourth-order valence-corrected chi connectivity index (χ4v) is 3.77. The number of ether oxygens (including phenoxy) is 1. The molecule has 1 N–H and O–H groups in total. The minimum Gasteiger partial charge on any atom is -0.452 e. The van der Waals surface area contributed by atoms with Gasteiger partial charge in [-0.05, 0) is 23.8 Å². The standard InChI is InChI=1S/C19H19ClN2O7S/c1-22(28-2)30(26,27)16-11-14(8-9-15(16)20)19(25)29-12-18(24)21-17(23)10-13-6-4-3-5-7-13/h3-9,11H,10,12H2,1-2H3,(H,21,23,24). The highest BCUT2D eigenvalue weighted by molar-refractivity contribution is 7.89. The Labute approximate surface area is 178 Å². The predicted octanol–water partition coefficient (Wildman–Crippen LogP) is 1.56. The summed E-state index contributed by atoms with van der Waals surface area (Å²) in [5, 5.41) is 1.98. The first-order chi connectivity index (χ1) is 14.1. The lowest BCUT2D eigenvalue weighted by atomic mass is 10.1. The first kappa shape index (κ1) is 23.5. The molecule has 9 nitrogen and oxygen atoms in total. The van der Waals surface area contributed by atoms with Crippen molar-refractivity contribution < 1.29 is 32.4 Å². The van der Waals surface area contributed by atoms with Gasteiger partial charge in [-0.1, -0.05) is 46.4 Å². The number of amides is 2. The van der Waals surface area contributed by atoms with Gasteiger partial charge in [0.05, 0.1) is 24.1 Å². The van der Waals surface area contributed by atoms with Crippen LogP contribution < -0.4 is 5.32 Å². The van der Waals surface area contributed by atoms with E-state index in [1.165, 1.54) is 12.1 Å². The second-order valence-corrected chi connectivity index (χ2v) is 8.26. The van der Waals surface area contributed by atoms with Gasteiger partial charge >= 0.3 is 5.97 Å². The van der Waals surface area contributed by atoms with Crippen molar-refractivity contribution in [2.75, 3.05) is 20.8 Å². The van der Waals surface area contributed by atoms with Gasteiger partial charge in [-0.3, -0.25) is 19.7 Å². The topological polar surface area (TPSA) is 119 Å². The van der Waals surface area contributed by atoms with Crippen molar-refractivity contribution in [1.82, 2.24) is 9.79 Å². The Balaban J connectivity index is 1.98. The SMILES string of the molecule is CON(C)S(=O)(=O)c1cc(C(=O)OCC(=O)NC(=O)Cc2ccccc2)ccc1Cl. The van der Waals surface area contributed by atoms with Gasteiger partial charge in [0.25, 0.3) is 15.9 Å². The van der Waals surface area contributed by atoms with E-state index in [0.717, 1.165) is 25.8 Å². The van der Waals surface area contributed by atoms with Crippen molar-refractivity contribution in [2.24, 2.45) is 0 Å². The fourth-order valence-electron chi connectivity index (χ4n) is 2.30. The summed E-state index contributed by atoms with van der Waals surface area (Å²) in [4.78, 5) is 40.2. The number of rotatable bonds is 8. The van der Waals surface area contributed by atoms with E-state index >= 15 is 0 Å². The van der Waals surface area contributed by atoms with E-state index < -0.39 is 34.4 Å². The van der Waals surface area contributed by atoms with E-state index in [-0.39, 0.29) is 21.9 Å². The molecule has 0 atom stereocenters. The number of sulfonamides is 1. The quantitative estimate of drug-likeness (QED) is 0.475. The molecule has 160 valence electrons. The van der Waals surface area contributed by atoms with Crippen molar-refractivity contribution in [3.63, 3.8) is 0 Å². The Morgan fingerprint density at radius 3 is 2.37 bits per heavy atom. The Morgan fingerprint density at radius 1 is 1.07 bits per heavy atom. The molecule has 0 spiro atoms. The van der Waals surface area contributed by atoms with E-state index in [1.54, 1.807) is 30.3 Å². The first-order valence-corrected chi connectivity index (χ1v) is 10.3. The van der Waals surface area contributed by atoms with Crippen LogP contribution in [0.2, 0.25) is 5.02 Å². The monoisotopic (exact) mass is 454 g/mol. The molecule has 11 heteroatoms. The number of benzene rings is 2. The Kier molecular flexibility index (Phi) is 8.07. The largest absolute Gasteiger partial charge is 0.452 e. The molecule has 0 heterocycles. The number of nitrogens with one attached hydrogen (secondary N) is 1. The van der Waals surface area contributed by atoms with E-state index in [9.17, 15) is 22.8 Å². The maximum Gasteiger partial charge on any atom is 0.338 e. The van der Waals surface area contributed by atoms with Gasteiger partial charge in [-0.2, -0.15) is 0 Å². The number of hydrogen-bond donors (Lipinski definition) is 1. The molecule has 0 aliphatic heterocycles. The molecule has 0 bridgehead atoms. The fraction of sp³-hybridized carbons (Fsp3) is 0.211. The van der Waals surface area contributed by atoms with Gasteiger partial charge in [-0.15, -0.1) is 0 Å². The zero-order valence-corrected chi connectivity index (χ0v) is 17.7. The van der Waals surface area contributed by atoms with Gasteiger partial charge in [0, 0.05) is 7.05 Å². The van der Waals surface area contributed by atoms with Crippen molar-refractivity contribution in [2.45, 2.75) is 11.3 Å². The molecule has 0 aliphatic rings. The second kappa shape index (κ2) is 10.3. The molecule has 0 unspecified atom stereocenters. The zero-order valence-electron chi connectivity index (χ0n) is 16.1. The van der Waals surface area contributed by atoms with E-state index in [0.29, 0.717) is 4.47 Å². The Morgan fingerprint density at radius 2 is 1.73 bits per heavy atom. The number of hydrogen-bond acceptors (Lipinski definition) is 7. The average molecular weight is 455 g/mol. The van der Waals surface area contributed by atoms with Crippen LogP contribution in [0.25, 0.3) is 0 Å². The summed E-state index contributed by atoms with van der Waals surface area (Å²) in [7, 11) is -1.79. The number of carbonyl (C=O) groups is 3. The van der Waals surface area contributed by atoms with Crippen LogP contribution >= 0.6 is 11.6 Å². The zero-order chi connectivity index (χ0) is 22.3. The highest BCUT2D eigenvalue weighted by Crippen LogP contribution is 2.25. The summed E-state index contributed by atoms with van der Waals surface area (Å²) in [6, 6.07) is 12.2. The molecule has 2 aromatic rings. The lowest BCUT2D eigenvalue weighted by Crippen LogP contribution is -2.35. The summed E-state index contributed by atoms with van der Waals surface area (Å²) < 4.78 is 30.1. The van der Waals surface area contributed by atoms with Crippen LogP contribution in [-0.4, -0.2) is 51.4 Å². The lowest BCUT2D eigenvalue weighted by molar-refractivity contribution is -0.132. The third-order valence-electron chi connectivity index (χ3n) is 3.86. The summed E-state index contributed by atoms with van der Waals surface area (Å²) in [6.45, 7) is -0.720. The van der Waals surface area contributed by atoms with E-state index in [2.05, 4.69) is 10.2 Å². The predicted molar refractivity (Wildman–Crippen MR) is 107 cm³/mol. The number of nitrogens with zero attached hydrogens (tertiary/aromatic N) is 1. The third-order valence-corrected chi connectivity index (χ3v) is 6.02. The average Bonchev–Trinajstić information content (AvgIpc) is 2.72. The van der Waals surface area contributed by atoms with Crippen LogP contribution in [0, 0.1) is 0 Å². The van der Waals surface area contributed by atoms with Crippen LogP contribution in [0.15, 0.2) is 53.4 Å². The molecule has 30 heavy (non-hydrogen) atoms. The van der Waals surface area contributed by atoms with Crippen LogP contribution in [0.3, 0.4) is 0 Å². The number of hydroxylamine groups is 1. The molecule has 0 saturated heterocycles. The number of carbonyl (C=O) groups excluding carboxylic acids is 3. The van der Waals surface area contributed by atoms with Crippen molar-refractivity contribution >= 4 is 39.4 Å². The van der Waals surface area contributed by atoms with Crippen molar-refractivity contribution in [1.29, 1.82) is 0 Å². The van der Waals surface area contributed by atoms with Crippen LogP contribution in [0.4, 0.5) is 0 Å². The molecule has 2 aromatic carbocycles. The molecule has 0 aliphatic carbocycles. The number of halogens is 1. The molecule has 2 amide bonds. The Hall–Kier alpha value is -2.79. The molecule has 0 saturated carbocycles. The summed E-state index contributed by atoms with van der Waals surface area (Å²) in [5.41, 5.74) is 0.571. The summed E-state index contributed by atoms with van der Waals surface area (Å²) >= 11 is 5.92. The molecule has 0 aromatic heterocycles. The maximum absolute atomic E-state index is 12.4. The highest BCUT2D eigenvalue weighted by Gasteiger charge is 2.25. The van der Waals surface area contributed by atoms with Gasteiger partial charge in [0.15, 0.2) is 6.61 Å². The van der Waals surface area contributed by atoms with Crippen molar-refractivity contribution in [3.8, 4) is 0 Å². The smallest absolute Gasteiger partial charge is 0.338 e. The van der Waals surface area contributed by atoms with Gasteiger partial charge in [-0.25, -0.2) is 13.2 Å². The summed E-state index contributed by atoms with van der Waals surface area (Å²) in [5.74, 6) is -2.33. The van der Waals surface area contributed by atoms with E-state index in [1.807, 2.05) is 0 Å². The highest BCUT2D eigenvalue weighted by atomic mass is 35.5. The molecular formula is C19H19ClN2O7S. The number of esters is 1. The maximum atomic E-state index is 12.4. The molecule has 2 rings (SSSR count). The second-order valence-electron chi connectivity index (χ2n) is 5.95. The molecular weight excluding hydrogens is 436 g/mol. The van der Waals surface area contributed by atoms with Crippen LogP contribution in [0.1, 0.15) is 15.9 Å². The Bertz CT molecular complexity index is 1040.